The number of piperazine rings is 1. The Hall–Kier alpha value is -1.63. The molecule has 1 saturated heterocycles. The number of nitrogens with zero attached hydrogens (tertiary/aromatic N) is 2. The minimum absolute atomic E-state index is 0.0951. The van der Waals surface area contributed by atoms with Crippen molar-refractivity contribution in [3.8, 4) is 0 Å². The fraction of sp³-hybridized carbons (Fsp3) is 0.333. The molecule has 22 heavy (non-hydrogen) atoms. The van der Waals surface area contributed by atoms with Crippen LogP contribution in [-0.2, 0) is 4.79 Å². The van der Waals surface area contributed by atoms with E-state index >= 15 is 0 Å². The largest absolute Gasteiger partial charge is 0.387 e. The SMILES string of the molecule is O=C(CO)N1CCN(C(=O)c2sc3ccccc3c2Cl)CC1. The summed E-state index contributed by atoms with van der Waals surface area (Å²) < 4.78 is 0.991. The summed E-state index contributed by atoms with van der Waals surface area (Å²) >= 11 is 7.73. The van der Waals surface area contributed by atoms with Crippen LogP contribution >= 0.6 is 22.9 Å². The van der Waals surface area contributed by atoms with E-state index in [0.717, 1.165) is 10.1 Å². The number of benzene rings is 1. The number of fused-ring (bicyclic) bond motifs is 1. The van der Waals surface area contributed by atoms with Crippen LogP contribution < -0.4 is 0 Å². The molecule has 2 aromatic rings. The summed E-state index contributed by atoms with van der Waals surface area (Å²) in [6.45, 7) is 1.29. The second kappa shape index (κ2) is 6.24. The standard InChI is InChI=1S/C15H15ClN2O3S/c16-13-10-3-1-2-4-11(10)22-14(13)15(21)18-7-5-17(6-8-18)12(20)9-19/h1-4,19H,5-9H2. The lowest BCUT2D eigenvalue weighted by molar-refractivity contribution is -0.135. The zero-order valence-electron chi connectivity index (χ0n) is 11.8. The van der Waals surface area contributed by atoms with Gasteiger partial charge in [0.2, 0.25) is 5.91 Å². The van der Waals surface area contributed by atoms with Gasteiger partial charge in [0, 0.05) is 36.3 Å². The van der Waals surface area contributed by atoms with Gasteiger partial charge in [0.15, 0.2) is 0 Å². The number of aliphatic hydroxyl groups excluding tert-OH is 1. The summed E-state index contributed by atoms with van der Waals surface area (Å²) in [4.78, 5) is 27.9. The Morgan fingerprint density at radius 1 is 1.14 bits per heavy atom. The van der Waals surface area contributed by atoms with Crippen molar-refractivity contribution in [3.63, 3.8) is 0 Å². The predicted molar refractivity (Wildman–Crippen MR) is 86.4 cm³/mol. The first kappa shape index (κ1) is 15.3. The number of halogens is 1. The first-order valence-electron chi connectivity index (χ1n) is 6.96. The third kappa shape index (κ3) is 2.69. The number of aliphatic hydroxyl groups is 1. The van der Waals surface area contributed by atoms with Crippen LogP contribution in [0.5, 0.6) is 0 Å². The second-order valence-electron chi connectivity index (χ2n) is 5.07. The van der Waals surface area contributed by atoms with E-state index in [-0.39, 0.29) is 11.8 Å². The van der Waals surface area contributed by atoms with E-state index in [1.165, 1.54) is 11.3 Å². The maximum absolute atomic E-state index is 12.6. The highest BCUT2D eigenvalue weighted by Gasteiger charge is 2.27. The van der Waals surface area contributed by atoms with E-state index in [1.54, 1.807) is 9.80 Å². The van der Waals surface area contributed by atoms with Gasteiger partial charge in [-0.05, 0) is 6.07 Å². The van der Waals surface area contributed by atoms with Crippen LogP contribution in [0.3, 0.4) is 0 Å². The van der Waals surface area contributed by atoms with E-state index in [2.05, 4.69) is 0 Å². The molecule has 2 heterocycles. The average Bonchev–Trinajstić information content (AvgIpc) is 2.91. The third-order valence-electron chi connectivity index (χ3n) is 3.78. The van der Waals surface area contributed by atoms with Gasteiger partial charge in [0.25, 0.3) is 5.91 Å². The molecule has 116 valence electrons. The van der Waals surface area contributed by atoms with Gasteiger partial charge in [0.05, 0.1) is 5.02 Å². The smallest absolute Gasteiger partial charge is 0.265 e. The summed E-state index contributed by atoms with van der Waals surface area (Å²) in [6.07, 6.45) is 0. The van der Waals surface area contributed by atoms with Crippen LogP contribution in [0, 0.1) is 0 Å². The van der Waals surface area contributed by atoms with Crippen LogP contribution in [0.4, 0.5) is 0 Å². The van der Waals surface area contributed by atoms with Crippen LogP contribution in [0.15, 0.2) is 24.3 Å². The van der Waals surface area contributed by atoms with Gasteiger partial charge in [-0.3, -0.25) is 9.59 Å². The Morgan fingerprint density at radius 2 is 1.77 bits per heavy atom. The summed E-state index contributed by atoms with van der Waals surface area (Å²) in [6, 6.07) is 7.67. The maximum atomic E-state index is 12.6. The Morgan fingerprint density at radius 3 is 2.41 bits per heavy atom. The van der Waals surface area contributed by atoms with Crippen molar-refractivity contribution in [3.05, 3.63) is 34.2 Å². The predicted octanol–water partition coefficient (Wildman–Crippen LogP) is 1.83. The highest BCUT2D eigenvalue weighted by molar-refractivity contribution is 7.21. The zero-order valence-corrected chi connectivity index (χ0v) is 13.4. The molecule has 3 rings (SSSR count). The lowest BCUT2D eigenvalue weighted by atomic mass is 10.2. The summed E-state index contributed by atoms with van der Waals surface area (Å²) in [5, 5.41) is 10.3. The van der Waals surface area contributed by atoms with Crippen molar-refractivity contribution in [1.29, 1.82) is 0 Å². The van der Waals surface area contributed by atoms with Crippen molar-refractivity contribution in [2.24, 2.45) is 0 Å². The average molecular weight is 339 g/mol. The molecule has 1 aromatic heterocycles. The molecular weight excluding hydrogens is 324 g/mol. The van der Waals surface area contributed by atoms with Crippen LogP contribution in [-0.4, -0.2) is 59.5 Å². The fourth-order valence-electron chi connectivity index (χ4n) is 2.55. The monoisotopic (exact) mass is 338 g/mol. The van der Waals surface area contributed by atoms with Crippen molar-refractivity contribution >= 4 is 44.8 Å². The Labute approximate surface area is 136 Å². The number of carbonyl (C=O) groups is 2. The van der Waals surface area contributed by atoms with Gasteiger partial charge in [-0.15, -0.1) is 11.3 Å². The summed E-state index contributed by atoms with van der Waals surface area (Å²) in [5.74, 6) is -0.394. The molecule has 1 aliphatic rings. The summed E-state index contributed by atoms with van der Waals surface area (Å²) in [5.41, 5.74) is 0. The molecular formula is C15H15ClN2O3S. The first-order chi connectivity index (χ1) is 10.6. The molecule has 1 aromatic carbocycles. The number of amides is 2. The normalized spacial score (nSPS) is 15.4. The summed E-state index contributed by atoms with van der Waals surface area (Å²) in [7, 11) is 0. The lowest BCUT2D eigenvalue weighted by Gasteiger charge is -2.34. The van der Waals surface area contributed by atoms with Gasteiger partial charge in [-0.2, -0.15) is 0 Å². The molecule has 1 N–H and O–H groups in total. The van der Waals surface area contributed by atoms with Gasteiger partial charge in [0.1, 0.15) is 11.5 Å². The van der Waals surface area contributed by atoms with E-state index in [9.17, 15) is 9.59 Å². The molecule has 1 aliphatic heterocycles. The Bertz CT molecular complexity index is 723. The van der Waals surface area contributed by atoms with Crippen LogP contribution in [0.25, 0.3) is 10.1 Å². The van der Waals surface area contributed by atoms with E-state index in [0.29, 0.717) is 36.1 Å². The van der Waals surface area contributed by atoms with Crippen LogP contribution in [0.2, 0.25) is 5.02 Å². The second-order valence-corrected chi connectivity index (χ2v) is 6.50. The van der Waals surface area contributed by atoms with E-state index < -0.39 is 6.61 Å². The van der Waals surface area contributed by atoms with Crippen molar-refractivity contribution < 1.29 is 14.7 Å². The molecule has 0 radical (unpaired) electrons. The lowest BCUT2D eigenvalue weighted by Crippen LogP contribution is -2.51. The molecule has 0 unspecified atom stereocenters. The molecule has 1 fully saturated rings. The maximum Gasteiger partial charge on any atom is 0.265 e. The van der Waals surface area contributed by atoms with E-state index in [1.807, 2.05) is 24.3 Å². The van der Waals surface area contributed by atoms with Crippen molar-refractivity contribution in [1.82, 2.24) is 9.80 Å². The molecule has 7 heteroatoms. The van der Waals surface area contributed by atoms with Crippen molar-refractivity contribution in [2.45, 2.75) is 0 Å². The highest BCUT2D eigenvalue weighted by atomic mass is 35.5. The molecule has 2 amide bonds. The minimum atomic E-state index is -0.490. The molecule has 0 saturated carbocycles. The topological polar surface area (TPSA) is 60.9 Å². The van der Waals surface area contributed by atoms with Gasteiger partial charge < -0.3 is 14.9 Å². The number of rotatable bonds is 2. The first-order valence-corrected chi connectivity index (χ1v) is 8.16. The van der Waals surface area contributed by atoms with Gasteiger partial charge in [-0.1, -0.05) is 29.8 Å². The molecule has 0 aliphatic carbocycles. The molecule has 0 atom stereocenters. The molecule has 0 spiro atoms. The third-order valence-corrected chi connectivity index (χ3v) is 5.45. The number of carbonyl (C=O) groups excluding carboxylic acids is 2. The van der Waals surface area contributed by atoms with Gasteiger partial charge in [-0.25, -0.2) is 0 Å². The number of hydrogen-bond acceptors (Lipinski definition) is 4. The van der Waals surface area contributed by atoms with E-state index in [4.69, 9.17) is 16.7 Å². The number of thiophene rings is 1. The minimum Gasteiger partial charge on any atom is -0.387 e. The van der Waals surface area contributed by atoms with Crippen molar-refractivity contribution in [2.75, 3.05) is 32.8 Å². The Balaban J connectivity index is 1.77. The highest BCUT2D eigenvalue weighted by Crippen LogP contribution is 2.35. The molecule has 0 bridgehead atoms. The Kier molecular flexibility index (Phi) is 4.33. The fourth-order valence-corrected chi connectivity index (χ4v) is 4.03. The number of hydrogen-bond donors (Lipinski definition) is 1. The van der Waals surface area contributed by atoms with Crippen LogP contribution in [0.1, 0.15) is 9.67 Å². The quantitative estimate of drug-likeness (QED) is 0.908. The van der Waals surface area contributed by atoms with Gasteiger partial charge >= 0.3 is 0 Å². The zero-order chi connectivity index (χ0) is 15.7. The molecule has 5 nitrogen and oxygen atoms in total.